The van der Waals surface area contributed by atoms with Gasteiger partial charge in [-0.25, -0.2) is 4.98 Å². The minimum absolute atomic E-state index is 1.06. The SMILES string of the molecule is CCCN(CCC)c1ccccn1.CCN(CC)c1ccncc1. The normalized spacial score (nSPS) is 9.83. The quantitative estimate of drug-likeness (QED) is 0.707. The third kappa shape index (κ3) is 6.99. The van der Waals surface area contributed by atoms with Crippen molar-refractivity contribution in [3.05, 3.63) is 48.9 Å². The average molecular weight is 329 g/mol. The second-order valence-corrected chi connectivity index (χ2v) is 5.55. The van der Waals surface area contributed by atoms with Crippen LogP contribution in [0.4, 0.5) is 11.5 Å². The summed E-state index contributed by atoms with van der Waals surface area (Å²) in [5, 5.41) is 0. The first-order valence-electron chi connectivity index (χ1n) is 9.07. The highest BCUT2D eigenvalue weighted by molar-refractivity contribution is 5.44. The van der Waals surface area contributed by atoms with E-state index in [1.54, 1.807) is 0 Å². The minimum atomic E-state index is 1.06. The van der Waals surface area contributed by atoms with Crippen LogP contribution < -0.4 is 9.80 Å². The summed E-state index contributed by atoms with van der Waals surface area (Å²) >= 11 is 0. The Kier molecular flexibility index (Phi) is 10.3. The predicted octanol–water partition coefficient (Wildman–Crippen LogP) is 4.64. The molecule has 0 aliphatic carbocycles. The van der Waals surface area contributed by atoms with E-state index in [2.05, 4.69) is 53.5 Å². The molecule has 0 fully saturated rings. The maximum atomic E-state index is 4.34. The Labute approximate surface area is 147 Å². The third-order valence-electron chi connectivity index (χ3n) is 3.75. The maximum absolute atomic E-state index is 4.34. The molecule has 2 heterocycles. The summed E-state index contributed by atoms with van der Waals surface area (Å²) in [5.74, 6) is 1.10. The van der Waals surface area contributed by atoms with Gasteiger partial charge in [0.05, 0.1) is 0 Å². The fourth-order valence-corrected chi connectivity index (χ4v) is 2.57. The van der Waals surface area contributed by atoms with Gasteiger partial charge in [-0.05, 0) is 51.0 Å². The van der Waals surface area contributed by atoms with Crippen LogP contribution in [0, 0.1) is 0 Å². The van der Waals surface area contributed by atoms with E-state index in [0.717, 1.165) is 32.0 Å². The summed E-state index contributed by atoms with van der Waals surface area (Å²) in [7, 11) is 0. The van der Waals surface area contributed by atoms with Crippen molar-refractivity contribution in [1.29, 1.82) is 0 Å². The van der Waals surface area contributed by atoms with Gasteiger partial charge in [0.25, 0.3) is 0 Å². The fraction of sp³-hybridized carbons (Fsp3) is 0.500. The van der Waals surface area contributed by atoms with Crippen LogP contribution in [0.3, 0.4) is 0 Å². The first-order valence-corrected chi connectivity index (χ1v) is 9.07. The Bertz CT molecular complexity index is 506. The highest BCUT2D eigenvalue weighted by Crippen LogP contribution is 2.10. The zero-order valence-corrected chi connectivity index (χ0v) is 15.7. The van der Waals surface area contributed by atoms with E-state index in [4.69, 9.17) is 0 Å². The maximum Gasteiger partial charge on any atom is 0.128 e. The average Bonchev–Trinajstić information content (AvgIpc) is 2.65. The second kappa shape index (κ2) is 12.3. The largest absolute Gasteiger partial charge is 0.372 e. The van der Waals surface area contributed by atoms with Crippen LogP contribution in [0.5, 0.6) is 0 Å². The summed E-state index contributed by atoms with van der Waals surface area (Å²) in [4.78, 5) is 12.9. The summed E-state index contributed by atoms with van der Waals surface area (Å²) < 4.78 is 0. The van der Waals surface area contributed by atoms with Gasteiger partial charge in [0.15, 0.2) is 0 Å². The van der Waals surface area contributed by atoms with Crippen molar-refractivity contribution in [2.45, 2.75) is 40.5 Å². The lowest BCUT2D eigenvalue weighted by molar-refractivity contribution is 0.734. The molecule has 0 amide bonds. The second-order valence-electron chi connectivity index (χ2n) is 5.55. The van der Waals surface area contributed by atoms with E-state index >= 15 is 0 Å². The van der Waals surface area contributed by atoms with Gasteiger partial charge in [0.1, 0.15) is 5.82 Å². The molecule has 132 valence electrons. The first-order chi connectivity index (χ1) is 11.8. The van der Waals surface area contributed by atoms with Crippen molar-refractivity contribution in [2.75, 3.05) is 36.0 Å². The Balaban J connectivity index is 0.000000243. The van der Waals surface area contributed by atoms with Gasteiger partial charge in [0, 0.05) is 50.5 Å². The van der Waals surface area contributed by atoms with E-state index in [-0.39, 0.29) is 0 Å². The lowest BCUT2D eigenvalue weighted by Gasteiger charge is -2.22. The van der Waals surface area contributed by atoms with Crippen molar-refractivity contribution >= 4 is 11.5 Å². The highest BCUT2D eigenvalue weighted by atomic mass is 15.2. The van der Waals surface area contributed by atoms with Gasteiger partial charge < -0.3 is 9.80 Å². The highest BCUT2D eigenvalue weighted by Gasteiger charge is 2.03. The zero-order chi connectivity index (χ0) is 17.6. The summed E-state index contributed by atoms with van der Waals surface area (Å²) in [5.41, 5.74) is 1.25. The number of rotatable bonds is 8. The topological polar surface area (TPSA) is 32.3 Å². The van der Waals surface area contributed by atoms with Gasteiger partial charge >= 0.3 is 0 Å². The molecule has 24 heavy (non-hydrogen) atoms. The third-order valence-corrected chi connectivity index (χ3v) is 3.75. The fourth-order valence-electron chi connectivity index (χ4n) is 2.57. The van der Waals surface area contributed by atoms with Crippen molar-refractivity contribution < 1.29 is 0 Å². The molecule has 0 aliphatic rings. The number of hydrogen-bond acceptors (Lipinski definition) is 4. The van der Waals surface area contributed by atoms with E-state index in [1.807, 2.05) is 42.9 Å². The van der Waals surface area contributed by atoms with Crippen molar-refractivity contribution in [3.63, 3.8) is 0 Å². The minimum Gasteiger partial charge on any atom is -0.372 e. The molecule has 0 atom stereocenters. The predicted molar refractivity (Wildman–Crippen MR) is 105 cm³/mol. The van der Waals surface area contributed by atoms with Crippen molar-refractivity contribution in [1.82, 2.24) is 9.97 Å². The number of nitrogens with zero attached hydrogens (tertiary/aromatic N) is 4. The molecule has 0 aromatic carbocycles. The molecule has 4 heteroatoms. The molecule has 2 rings (SSSR count). The van der Waals surface area contributed by atoms with Crippen LogP contribution in [0.15, 0.2) is 48.9 Å². The van der Waals surface area contributed by atoms with Crippen molar-refractivity contribution in [2.24, 2.45) is 0 Å². The monoisotopic (exact) mass is 328 g/mol. The first kappa shape index (κ1) is 19.9. The number of anilines is 2. The van der Waals surface area contributed by atoms with Gasteiger partial charge in [-0.3, -0.25) is 4.98 Å². The number of aromatic nitrogens is 2. The van der Waals surface area contributed by atoms with Gasteiger partial charge in [-0.1, -0.05) is 19.9 Å². The van der Waals surface area contributed by atoms with Crippen molar-refractivity contribution in [3.8, 4) is 0 Å². The smallest absolute Gasteiger partial charge is 0.128 e. The zero-order valence-electron chi connectivity index (χ0n) is 15.7. The number of pyridine rings is 2. The molecule has 0 spiro atoms. The molecule has 4 nitrogen and oxygen atoms in total. The lowest BCUT2D eigenvalue weighted by Crippen LogP contribution is -2.25. The summed E-state index contributed by atoms with van der Waals surface area (Å²) in [6, 6.07) is 10.1. The van der Waals surface area contributed by atoms with Gasteiger partial charge in [-0.2, -0.15) is 0 Å². The van der Waals surface area contributed by atoms with Gasteiger partial charge in [-0.15, -0.1) is 0 Å². The molecule has 0 unspecified atom stereocenters. The van der Waals surface area contributed by atoms with E-state index < -0.39 is 0 Å². The molecule has 0 bridgehead atoms. The number of hydrogen-bond donors (Lipinski definition) is 0. The molecule has 2 aromatic heterocycles. The molecule has 0 aliphatic heterocycles. The van der Waals surface area contributed by atoms with Crippen LogP contribution in [0.25, 0.3) is 0 Å². The Morgan fingerprint density at radius 2 is 1.38 bits per heavy atom. The molecule has 2 aromatic rings. The molecule has 0 saturated heterocycles. The van der Waals surface area contributed by atoms with Crippen LogP contribution >= 0.6 is 0 Å². The molecular weight excluding hydrogens is 296 g/mol. The van der Waals surface area contributed by atoms with Crippen LogP contribution in [-0.2, 0) is 0 Å². The summed E-state index contributed by atoms with van der Waals surface area (Å²) in [6.45, 7) is 13.0. The lowest BCUT2D eigenvalue weighted by atomic mass is 10.3. The van der Waals surface area contributed by atoms with Crippen LogP contribution in [-0.4, -0.2) is 36.1 Å². The Morgan fingerprint density at radius 1 is 0.750 bits per heavy atom. The van der Waals surface area contributed by atoms with Crippen LogP contribution in [0.1, 0.15) is 40.5 Å². The molecule has 0 radical (unpaired) electrons. The molecule has 0 saturated carbocycles. The van der Waals surface area contributed by atoms with Gasteiger partial charge in [0.2, 0.25) is 0 Å². The summed E-state index contributed by atoms with van der Waals surface area (Å²) in [6.07, 6.45) is 7.86. The molecule has 0 N–H and O–H groups in total. The van der Waals surface area contributed by atoms with E-state index in [9.17, 15) is 0 Å². The standard InChI is InChI=1S/C11H18N2.C9H14N2/c1-3-9-13(10-4-2)11-7-5-6-8-12-11;1-3-11(4-2)9-5-7-10-8-6-9/h5-8H,3-4,9-10H2,1-2H3;5-8H,3-4H2,1-2H3. The van der Waals surface area contributed by atoms with E-state index in [1.165, 1.54) is 18.5 Å². The van der Waals surface area contributed by atoms with E-state index in [0.29, 0.717) is 0 Å². The van der Waals surface area contributed by atoms with Crippen LogP contribution in [0.2, 0.25) is 0 Å². The molecular formula is C20H32N4. The Morgan fingerprint density at radius 3 is 1.83 bits per heavy atom. The Hall–Kier alpha value is -2.10.